The van der Waals surface area contributed by atoms with E-state index in [0.29, 0.717) is 12.1 Å². The molecule has 3 N–H and O–H groups in total. The third kappa shape index (κ3) is 3.11. The normalized spacial score (nSPS) is 27.9. The summed E-state index contributed by atoms with van der Waals surface area (Å²) in [4.78, 5) is 11.6. The van der Waals surface area contributed by atoms with Crippen LogP contribution in [0.2, 0.25) is 0 Å². The van der Waals surface area contributed by atoms with Gasteiger partial charge in [0, 0.05) is 18.1 Å². The smallest absolute Gasteiger partial charge is 0.315 e. The van der Waals surface area contributed by atoms with E-state index in [1.807, 2.05) is 0 Å². The van der Waals surface area contributed by atoms with E-state index in [2.05, 4.69) is 22.9 Å². The zero-order valence-electron chi connectivity index (χ0n) is 10.1. The predicted molar refractivity (Wildman–Crippen MR) is 64.4 cm³/mol. The highest BCUT2D eigenvalue weighted by molar-refractivity contribution is 5.74. The van der Waals surface area contributed by atoms with E-state index < -0.39 is 0 Å². The van der Waals surface area contributed by atoms with Gasteiger partial charge < -0.3 is 16.0 Å². The molecular weight excluding hydrogens is 202 g/mol. The molecule has 4 nitrogen and oxygen atoms in total. The topological polar surface area (TPSA) is 53.2 Å². The van der Waals surface area contributed by atoms with Crippen molar-refractivity contribution in [1.29, 1.82) is 0 Å². The summed E-state index contributed by atoms with van der Waals surface area (Å²) in [5.74, 6) is 0. The fourth-order valence-electron chi connectivity index (χ4n) is 2.39. The number of hydrogen-bond donors (Lipinski definition) is 3. The molecule has 2 aliphatic rings. The Morgan fingerprint density at radius 1 is 1.25 bits per heavy atom. The van der Waals surface area contributed by atoms with Crippen LogP contribution in [0, 0.1) is 0 Å². The maximum Gasteiger partial charge on any atom is 0.315 e. The number of amides is 2. The van der Waals surface area contributed by atoms with Crippen molar-refractivity contribution < 1.29 is 4.79 Å². The van der Waals surface area contributed by atoms with Crippen molar-refractivity contribution in [3.8, 4) is 0 Å². The molecule has 1 aliphatic carbocycles. The van der Waals surface area contributed by atoms with Crippen molar-refractivity contribution in [1.82, 2.24) is 16.0 Å². The summed E-state index contributed by atoms with van der Waals surface area (Å²) < 4.78 is 0. The van der Waals surface area contributed by atoms with E-state index in [1.54, 1.807) is 0 Å². The standard InChI is InChI=1S/C12H23N3O/c1-9(11-7-2-3-8-13-11)14-12(16)15-10-5-4-6-10/h9-11,13H,2-8H2,1H3,(H2,14,15,16). The molecule has 0 spiro atoms. The summed E-state index contributed by atoms with van der Waals surface area (Å²) in [5, 5.41) is 9.51. The van der Waals surface area contributed by atoms with Crippen LogP contribution in [0.15, 0.2) is 0 Å². The van der Waals surface area contributed by atoms with E-state index in [9.17, 15) is 4.79 Å². The van der Waals surface area contributed by atoms with Gasteiger partial charge in [-0.2, -0.15) is 0 Å². The summed E-state index contributed by atoms with van der Waals surface area (Å²) in [6.45, 7) is 3.17. The number of carbonyl (C=O) groups is 1. The highest BCUT2D eigenvalue weighted by Gasteiger charge is 2.23. The number of hydrogen-bond acceptors (Lipinski definition) is 2. The van der Waals surface area contributed by atoms with Gasteiger partial charge in [0.05, 0.1) is 0 Å². The predicted octanol–water partition coefficient (Wildman–Crippen LogP) is 1.37. The van der Waals surface area contributed by atoms with Crippen LogP contribution in [-0.2, 0) is 0 Å². The van der Waals surface area contributed by atoms with Gasteiger partial charge in [0.2, 0.25) is 0 Å². The van der Waals surface area contributed by atoms with Crippen LogP contribution in [0.4, 0.5) is 4.79 Å². The molecular formula is C12H23N3O. The molecule has 0 aromatic heterocycles. The molecule has 0 bridgehead atoms. The number of urea groups is 1. The molecule has 2 fully saturated rings. The van der Waals surface area contributed by atoms with Crippen LogP contribution in [0.5, 0.6) is 0 Å². The van der Waals surface area contributed by atoms with E-state index >= 15 is 0 Å². The Labute approximate surface area is 97.6 Å². The molecule has 2 amide bonds. The lowest BCUT2D eigenvalue weighted by Crippen LogP contribution is -2.54. The number of rotatable bonds is 3. The van der Waals surface area contributed by atoms with Gasteiger partial charge in [-0.3, -0.25) is 0 Å². The first kappa shape index (κ1) is 11.7. The molecule has 16 heavy (non-hydrogen) atoms. The van der Waals surface area contributed by atoms with Gasteiger partial charge in [-0.15, -0.1) is 0 Å². The first-order valence-corrected chi connectivity index (χ1v) is 6.56. The maximum absolute atomic E-state index is 11.6. The molecule has 1 aliphatic heterocycles. The Hall–Kier alpha value is -0.770. The molecule has 1 saturated heterocycles. The number of piperidine rings is 1. The van der Waals surface area contributed by atoms with Gasteiger partial charge >= 0.3 is 6.03 Å². The molecule has 2 unspecified atom stereocenters. The minimum Gasteiger partial charge on any atom is -0.335 e. The fourth-order valence-corrected chi connectivity index (χ4v) is 2.39. The molecule has 0 aromatic carbocycles. The first-order chi connectivity index (χ1) is 7.75. The maximum atomic E-state index is 11.6. The van der Waals surface area contributed by atoms with E-state index in [1.165, 1.54) is 25.7 Å². The first-order valence-electron chi connectivity index (χ1n) is 6.56. The summed E-state index contributed by atoms with van der Waals surface area (Å²) >= 11 is 0. The Bertz CT molecular complexity index is 234. The fraction of sp³-hybridized carbons (Fsp3) is 0.917. The Morgan fingerprint density at radius 2 is 2.06 bits per heavy atom. The highest BCUT2D eigenvalue weighted by Crippen LogP contribution is 2.17. The minimum absolute atomic E-state index is 0.00423. The van der Waals surface area contributed by atoms with Gasteiger partial charge in [-0.05, 0) is 45.6 Å². The van der Waals surface area contributed by atoms with Crippen LogP contribution >= 0.6 is 0 Å². The quantitative estimate of drug-likeness (QED) is 0.679. The lowest BCUT2D eigenvalue weighted by molar-refractivity contribution is 0.219. The zero-order chi connectivity index (χ0) is 11.4. The summed E-state index contributed by atoms with van der Waals surface area (Å²) in [5.41, 5.74) is 0. The van der Waals surface area contributed by atoms with Gasteiger partial charge in [0.25, 0.3) is 0 Å². The van der Waals surface area contributed by atoms with Gasteiger partial charge in [-0.25, -0.2) is 4.79 Å². The Morgan fingerprint density at radius 3 is 2.62 bits per heavy atom. The second kappa shape index (κ2) is 5.53. The lowest BCUT2D eigenvalue weighted by atomic mass is 9.93. The molecule has 0 radical (unpaired) electrons. The minimum atomic E-state index is 0.00423. The molecule has 0 aromatic rings. The van der Waals surface area contributed by atoms with Crippen molar-refractivity contribution in [2.45, 2.75) is 63.6 Å². The molecule has 4 heteroatoms. The van der Waals surface area contributed by atoms with Crippen molar-refractivity contribution >= 4 is 6.03 Å². The van der Waals surface area contributed by atoms with Crippen LogP contribution in [0.3, 0.4) is 0 Å². The van der Waals surface area contributed by atoms with Gasteiger partial charge in [0.15, 0.2) is 0 Å². The van der Waals surface area contributed by atoms with Crippen LogP contribution in [0.25, 0.3) is 0 Å². The van der Waals surface area contributed by atoms with Crippen molar-refractivity contribution in [2.75, 3.05) is 6.54 Å². The Balaban J connectivity index is 1.68. The molecule has 1 saturated carbocycles. The third-order valence-corrected chi connectivity index (χ3v) is 3.75. The second-order valence-electron chi connectivity index (χ2n) is 5.09. The Kier molecular flexibility index (Phi) is 4.04. The van der Waals surface area contributed by atoms with Crippen LogP contribution in [-0.4, -0.2) is 30.7 Å². The molecule has 92 valence electrons. The summed E-state index contributed by atoms with van der Waals surface area (Å²) in [6, 6.07) is 1.09. The summed E-state index contributed by atoms with van der Waals surface area (Å²) in [7, 11) is 0. The lowest BCUT2D eigenvalue weighted by Gasteiger charge is -2.31. The number of nitrogens with one attached hydrogen (secondary N) is 3. The van der Waals surface area contributed by atoms with E-state index in [0.717, 1.165) is 19.4 Å². The van der Waals surface area contributed by atoms with E-state index in [4.69, 9.17) is 0 Å². The van der Waals surface area contributed by atoms with Crippen molar-refractivity contribution in [2.24, 2.45) is 0 Å². The SMILES string of the molecule is CC(NC(=O)NC1CCC1)C1CCCCN1. The average Bonchev–Trinajstić information content (AvgIpc) is 2.25. The van der Waals surface area contributed by atoms with Crippen LogP contribution < -0.4 is 16.0 Å². The molecule has 2 rings (SSSR count). The third-order valence-electron chi connectivity index (χ3n) is 3.75. The van der Waals surface area contributed by atoms with Crippen molar-refractivity contribution in [3.05, 3.63) is 0 Å². The highest BCUT2D eigenvalue weighted by atomic mass is 16.2. The molecule has 1 heterocycles. The second-order valence-corrected chi connectivity index (χ2v) is 5.09. The zero-order valence-corrected chi connectivity index (χ0v) is 10.1. The largest absolute Gasteiger partial charge is 0.335 e. The monoisotopic (exact) mass is 225 g/mol. The van der Waals surface area contributed by atoms with Gasteiger partial charge in [0.1, 0.15) is 0 Å². The average molecular weight is 225 g/mol. The van der Waals surface area contributed by atoms with E-state index in [-0.39, 0.29) is 12.1 Å². The van der Waals surface area contributed by atoms with Crippen LogP contribution in [0.1, 0.15) is 45.4 Å². The van der Waals surface area contributed by atoms with Gasteiger partial charge in [-0.1, -0.05) is 6.42 Å². The van der Waals surface area contributed by atoms with Crippen molar-refractivity contribution in [3.63, 3.8) is 0 Å². The molecule has 2 atom stereocenters. The number of carbonyl (C=O) groups excluding carboxylic acids is 1. The summed E-state index contributed by atoms with van der Waals surface area (Å²) in [6.07, 6.45) is 7.24.